The predicted octanol–water partition coefficient (Wildman–Crippen LogP) is 3.11. The molecule has 0 fully saturated rings. The molecule has 2 N–H and O–H groups in total. The Bertz CT molecular complexity index is 708. The number of aromatic hydroxyl groups is 1. The molecule has 2 aromatic carbocycles. The fourth-order valence-corrected chi connectivity index (χ4v) is 2.50. The van der Waals surface area contributed by atoms with Gasteiger partial charge in [-0.25, -0.2) is 0 Å². The van der Waals surface area contributed by atoms with Gasteiger partial charge in [0, 0.05) is 12.6 Å². The van der Waals surface area contributed by atoms with Crippen LogP contribution in [-0.4, -0.2) is 22.4 Å². The van der Waals surface area contributed by atoms with Gasteiger partial charge in [0.15, 0.2) is 0 Å². The van der Waals surface area contributed by atoms with Gasteiger partial charge in [0.05, 0.1) is 0 Å². The van der Waals surface area contributed by atoms with Gasteiger partial charge in [-0.1, -0.05) is 29.5 Å². The van der Waals surface area contributed by atoms with Gasteiger partial charge >= 0.3 is 0 Å². The minimum atomic E-state index is 0.281. The van der Waals surface area contributed by atoms with E-state index in [1.54, 1.807) is 12.1 Å². The Labute approximate surface area is 108 Å². The number of rotatable bonds is 2. The fraction of sp³-hybridized carbons (Fsp3) is 0.0769. The summed E-state index contributed by atoms with van der Waals surface area (Å²) in [5.74, 6) is 0.281. The summed E-state index contributed by atoms with van der Waals surface area (Å²) in [6.07, 6.45) is 0. The summed E-state index contributed by atoms with van der Waals surface area (Å²) in [6.45, 7) is 0. The van der Waals surface area contributed by atoms with E-state index in [9.17, 15) is 5.11 Å². The minimum absolute atomic E-state index is 0.281. The lowest BCUT2D eigenvalue weighted by Gasteiger charge is -2.01. The molecule has 3 rings (SSSR count). The number of aromatic nitrogens is 2. The quantitative estimate of drug-likeness (QED) is 0.740. The molecule has 1 aromatic heterocycles. The van der Waals surface area contributed by atoms with Crippen LogP contribution < -0.4 is 5.32 Å². The molecule has 0 saturated heterocycles. The molecular weight excluding hydrogens is 246 g/mol. The number of phenolic OH excluding ortho intramolecular Hbond substituents is 1. The number of anilines is 1. The molecular formula is C13H11N3OS. The Morgan fingerprint density at radius 1 is 1.06 bits per heavy atom. The highest BCUT2D eigenvalue weighted by Gasteiger charge is 2.06. The summed E-state index contributed by atoms with van der Waals surface area (Å²) in [5, 5.41) is 24.3. The maximum Gasteiger partial charge on any atom is 0.205 e. The number of benzene rings is 2. The van der Waals surface area contributed by atoms with E-state index in [-0.39, 0.29) is 5.75 Å². The molecule has 0 aliphatic heterocycles. The first-order chi connectivity index (χ1) is 8.76. The van der Waals surface area contributed by atoms with Crippen LogP contribution in [0.3, 0.4) is 0 Å². The molecule has 0 saturated carbocycles. The number of nitrogens with zero attached hydrogens (tertiary/aromatic N) is 2. The first-order valence-electron chi connectivity index (χ1n) is 5.51. The van der Waals surface area contributed by atoms with Crippen molar-refractivity contribution in [3.63, 3.8) is 0 Å². The predicted molar refractivity (Wildman–Crippen MR) is 74.1 cm³/mol. The Morgan fingerprint density at radius 2 is 1.83 bits per heavy atom. The van der Waals surface area contributed by atoms with Crippen LogP contribution in [0.15, 0.2) is 36.4 Å². The number of phenols is 1. The van der Waals surface area contributed by atoms with Gasteiger partial charge in [-0.2, -0.15) is 0 Å². The van der Waals surface area contributed by atoms with Gasteiger partial charge < -0.3 is 10.4 Å². The van der Waals surface area contributed by atoms with E-state index >= 15 is 0 Å². The number of hydrogen-bond donors (Lipinski definition) is 2. The Hall–Kier alpha value is -2.14. The molecule has 0 unspecified atom stereocenters. The maximum absolute atomic E-state index is 9.42. The molecule has 0 amide bonds. The zero-order valence-corrected chi connectivity index (χ0v) is 10.5. The van der Waals surface area contributed by atoms with E-state index in [0.717, 1.165) is 26.5 Å². The standard InChI is InChI=1S/C13H11N3OS/c1-14-13-16-15-12(18-13)10-3-2-9-7-11(17)5-4-8(9)6-10/h2-7,17H,1H3,(H,14,16). The lowest BCUT2D eigenvalue weighted by atomic mass is 10.1. The van der Waals surface area contributed by atoms with Crippen LogP contribution in [0.5, 0.6) is 5.75 Å². The van der Waals surface area contributed by atoms with E-state index in [0.29, 0.717) is 0 Å². The summed E-state index contributed by atoms with van der Waals surface area (Å²) in [7, 11) is 1.83. The maximum atomic E-state index is 9.42. The minimum Gasteiger partial charge on any atom is -0.508 e. The zero-order chi connectivity index (χ0) is 12.5. The smallest absolute Gasteiger partial charge is 0.205 e. The van der Waals surface area contributed by atoms with Crippen LogP contribution >= 0.6 is 11.3 Å². The highest BCUT2D eigenvalue weighted by Crippen LogP contribution is 2.29. The van der Waals surface area contributed by atoms with Crippen molar-refractivity contribution >= 4 is 27.2 Å². The first-order valence-corrected chi connectivity index (χ1v) is 6.32. The van der Waals surface area contributed by atoms with Crippen LogP contribution in [0, 0.1) is 0 Å². The Kier molecular flexibility index (Phi) is 2.60. The van der Waals surface area contributed by atoms with Crippen molar-refractivity contribution in [2.45, 2.75) is 0 Å². The number of fused-ring (bicyclic) bond motifs is 1. The SMILES string of the molecule is CNc1nnc(-c2ccc3cc(O)ccc3c2)s1. The molecule has 0 atom stereocenters. The lowest BCUT2D eigenvalue weighted by molar-refractivity contribution is 0.476. The van der Waals surface area contributed by atoms with Gasteiger partial charge in [-0.15, -0.1) is 10.2 Å². The van der Waals surface area contributed by atoms with Crippen molar-refractivity contribution in [2.75, 3.05) is 12.4 Å². The van der Waals surface area contributed by atoms with E-state index in [1.165, 1.54) is 11.3 Å². The third-order valence-electron chi connectivity index (χ3n) is 2.71. The number of nitrogens with one attached hydrogen (secondary N) is 1. The molecule has 0 spiro atoms. The van der Waals surface area contributed by atoms with Crippen molar-refractivity contribution in [3.05, 3.63) is 36.4 Å². The molecule has 3 aromatic rings. The highest BCUT2D eigenvalue weighted by atomic mass is 32.1. The van der Waals surface area contributed by atoms with Crippen molar-refractivity contribution < 1.29 is 5.11 Å². The second-order valence-corrected chi connectivity index (χ2v) is 4.89. The van der Waals surface area contributed by atoms with E-state index in [1.807, 2.05) is 25.2 Å². The zero-order valence-electron chi connectivity index (χ0n) is 9.71. The average molecular weight is 257 g/mol. The van der Waals surface area contributed by atoms with Crippen LogP contribution in [-0.2, 0) is 0 Å². The molecule has 0 bridgehead atoms. The average Bonchev–Trinajstić information content (AvgIpc) is 2.87. The second kappa shape index (κ2) is 4.27. The first kappa shape index (κ1) is 11.0. The highest BCUT2D eigenvalue weighted by molar-refractivity contribution is 7.18. The Balaban J connectivity index is 2.10. The van der Waals surface area contributed by atoms with Crippen LogP contribution in [0.2, 0.25) is 0 Å². The van der Waals surface area contributed by atoms with Crippen molar-refractivity contribution in [1.29, 1.82) is 0 Å². The van der Waals surface area contributed by atoms with E-state index in [2.05, 4.69) is 21.6 Å². The van der Waals surface area contributed by atoms with Gasteiger partial charge in [-0.05, 0) is 29.0 Å². The van der Waals surface area contributed by atoms with Gasteiger partial charge in [0.2, 0.25) is 5.13 Å². The van der Waals surface area contributed by atoms with E-state index in [4.69, 9.17) is 0 Å². The van der Waals surface area contributed by atoms with Gasteiger partial charge in [0.25, 0.3) is 0 Å². The topological polar surface area (TPSA) is 58.0 Å². The van der Waals surface area contributed by atoms with Crippen molar-refractivity contribution in [3.8, 4) is 16.3 Å². The largest absolute Gasteiger partial charge is 0.508 e. The van der Waals surface area contributed by atoms with Crippen molar-refractivity contribution in [2.24, 2.45) is 0 Å². The molecule has 5 heteroatoms. The molecule has 0 radical (unpaired) electrons. The molecule has 1 heterocycles. The second-order valence-electron chi connectivity index (χ2n) is 3.91. The molecule has 0 aliphatic carbocycles. The summed E-state index contributed by atoms with van der Waals surface area (Å²) in [5.41, 5.74) is 1.03. The number of hydrogen-bond acceptors (Lipinski definition) is 5. The molecule has 18 heavy (non-hydrogen) atoms. The summed E-state index contributed by atoms with van der Waals surface area (Å²) in [4.78, 5) is 0. The summed E-state index contributed by atoms with van der Waals surface area (Å²) in [6, 6.07) is 11.3. The summed E-state index contributed by atoms with van der Waals surface area (Å²) >= 11 is 1.51. The lowest BCUT2D eigenvalue weighted by Crippen LogP contribution is -1.84. The van der Waals surface area contributed by atoms with E-state index < -0.39 is 0 Å². The molecule has 4 nitrogen and oxygen atoms in total. The van der Waals surface area contributed by atoms with Crippen LogP contribution in [0.25, 0.3) is 21.3 Å². The third kappa shape index (κ3) is 1.89. The summed E-state index contributed by atoms with van der Waals surface area (Å²) < 4.78 is 0. The monoisotopic (exact) mass is 257 g/mol. The van der Waals surface area contributed by atoms with Crippen LogP contribution in [0.4, 0.5) is 5.13 Å². The Morgan fingerprint density at radius 3 is 2.61 bits per heavy atom. The fourth-order valence-electron chi connectivity index (χ4n) is 1.81. The third-order valence-corrected chi connectivity index (χ3v) is 3.70. The van der Waals surface area contributed by atoms with Crippen LogP contribution in [0.1, 0.15) is 0 Å². The van der Waals surface area contributed by atoms with Crippen molar-refractivity contribution in [1.82, 2.24) is 10.2 Å². The molecule has 0 aliphatic rings. The normalized spacial score (nSPS) is 10.7. The molecule has 90 valence electrons. The van der Waals surface area contributed by atoms with Gasteiger partial charge in [0.1, 0.15) is 10.8 Å². The van der Waals surface area contributed by atoms with Gasteiger partial charge in [-0.3, -0.25) is 0 Å².